The number of aliphatic hydroxyl groups is 1. The lowest BCUT2D eigenvalue weighted by Gasteiger charge is -2.20. The van der Waals surface area contributed by atoms with E-state index in [0.29, 0.717) is 24.5 Å². The molecule has 0 aliphatic heterocycles. The van der Waals surface area contributed by atoms with Gasteiger partial charge in [0, 0.05) is 5.56 Å². The van der Waals surface area contributed by atoms with E-state index in [0.717, 1.165) is 37.0 Å². The third kappa shape index (κ3) is 7.07. The lowest BCUT2D eigenvalue weighted by molar-refractivity contribution is 0.0833. The van der Waals surface area contributed by atoms with E-state index in [9.17, 15) is 9.90 Å². The van der Waals surface area contributed by atoms with Gasteiger partial charge in [0.05, 0.1) is 6.10 Å². The summed E-state index contributed by atoms with van der Waals surface area (Å²) in [5, 5.41) is 13.5. The van der Waals surface area contributed by atoms with Crippen LogP contribution in [0.25, 0.3) is 0 Å². The maximum atomic E-state index is 12.5. The van der Waals surface area contributed by atoms with E-state index in [1.807, 2.05) is 54.6 Å². The maximum absolute atomic E-state index is 12.5. The Morgan fingerprint density at radius 3 is 2.47 bits per heavy atom. The van der Waals surface area contributed by atoms with E-state index in [2.05, 4.69) is 17.4 Å². The van der Waals surface area contributed by atoms with Crippen molar-refractivity contribution < 1.29 is 14.6 Å². The standard InChI is InChI=1S/C28H32N2O3.ClH/c29-27(30-28(32)22-9-3-1-4-10-22)23-15-14-21-11-7-8-20(16-24(21)18-23)17-25(31)19-33-26-12-5-2-6-13-26;/h1-6,9-10,12-15,18,20,25,27,31H,7-8,11,16-17,19,29H2,(H,30,32);1H/t20?,25-,27?;/m0./s1. The van der Waals surface area contributed by atoms with Gasteiger partial charge in [-0.3, -0.25) is 4.79 Å². The van der Waals surface area contributed by atoms with Crippen molar-refractivity contribution >= 4 is 18.3 Å². The number of nitrogens with two attached hydrogens (primary N) is 1. The molecule has 3 aromatic rings. The lowest BCUT2D eigenvalue weighted by atomic mass is 9.91. The molecule has 6 heteroatoms. The summed E-state index contributed by atoms with van der Waals surface area (Å²) in [6, 6.07) is 25.0. The van der Waals surface area contributed by atoms with Gasteiger partial charge in [-0.1, -0.05) is 54.6 Å². The summed E-state index contributed by atoms with van der Waals surface area (Å²) in [6.07, 6.45) is 3.71. The lowest BCUT2D eigenvalue weighted by Crippen LogP contribution is -2.34. The topological polar surface area (TPSA) is 84.6 Å². The van der Waals surface area contributed by atoms with E-state index < -0.39 is 12.3 Å². The van der Waals surface area contributed by atoms with Gasteiger partial charge in [-0.15, -0.1) is 12.4 Å². The fourth-order valence-corrected chi connectivity index (χ4v) is 4.53. The molecule has 0 saturated heterocycles. The molecule has 34 heavy (non-hydrogen) atoms. The van der Waals surface area contributed by atoms with Crippen molar-refractivity contribution in [3.63, 3.8) is 0 Å². The van der Waals surface area contributed by atoms with E-state index in [4.69, 9.17) is 10.5 Å². The minimum absolute atomic E-state index is 0. The molecule has 0 radical (unpaired) electrons. The minimum atomic E-state index is -0.574. The van der Waals surface area contributed by atoms with E-state index in [-0.39, 0.29) is 18.3 Å². The first-order valence-electron chi connectivity index (χ1n) is 11.7. The molecule has 3 atom stereocenters. The third-order valence-corrected chi connectivity index (χ3v) is 6.27. The molecule has 1 aliphatic rings. The van der Waals surface area contributed by atoms with Gasteiger partial charge in [0.15, 0.2) is 0 Å². The van der Waals surface area contributed by atoms with Crippen molar-refractivity contribution in [1.29, 1.82) is 0 Å². The van der Waals surface area contributed by atoms with E-state index in [1.54, 1.807) is 12.1 Å². The zero-order valence-electron chi connectivity index (χ0n) is 19.2. The number of halogens is 1. The van der Waals surface area contributed by atoms with E-state index in [1.165, 1.54) is 11.1 Å². The Morgan fingerprint density at radius 2 is 1.74 bits per heavy atom. The number of amides is 1. The number of hydrogen-bond acceptors (Lipinski definition) is 4. The van der Waals surface area contributed by atoms with Crippen LogP contribution in [0.3, 0.4) is 0 Å². The predicted octanol–water partition coefficient (Wildman–Crippen LogP) is 4.82. The van der Waals surface area contributed by atoms with Crippen LogP contribution >= 0.6 is 12.4 Å². The first-order chi connectivity index (χ1) is 16.1. The fourth-order valence-electron chi connectivity index (χ4n) is 4.53. The summed E-state index contributed by atoms with van der Waals surface area (Å²) >= 11 is 0. The second kappa shape index (κ2) is 12.6. The second-order valence-corrected chi connectivity index (χ2v) is 8.82. The molecule has 4 rings (SSSR count). The van der Waals surface area contributed by atoms with Crippen LogP contribution in [-0.2, 0) is 12.8 Å². The molecule has 0 aromatic heterocycles. The van der Waals surface area contributed by atoms with Gasteiger partial charge in [0.2, 0.25) is 0 Å². The Morgan fingerprint density at radius 1 is 1.03 bits per heavy atom. The molecule has 5 nitrogen and oxygen atoms in total. The van der Waals surface area contributed by atoms with Gasteiger partial charge in [0.1, 0.15) is 18.5 Å². The number of fused-ring (bicyclic) bond motifs is 1. The number of benzene rings is 3. The van der Waals surface area contributed by atoms with Gasteiger partial charge in [-0.05, 0) is 79.0 Å². The van der Waals surface area contributed by atoms with Crippen molar-refractivity contribution in [2.75, 3.05) is 6.61 Å². The zero-order valence-corrected chi connectivity index (χ0v) is 20.0. The Balaban J connectivity index is 0.00000324. The van der Waals surface area contributed by atoms with Crippen LogP contribution in [0.5, 0.6) is 5.75 Å². The molecule has 0 bridgehead atoms. The fraction of sp³-hybridized carbons (Fsp3) is 0.321. The van der Waals surface area contributed by atoms with Crippen molar-refractivity contribution in [1.82, 2.24) is 5.32 Å². The SMILES string of the molecule is Cl.NC(NC(=O)c1ccccc1)c1ccc2c(c1)CC(C[C@H](O)COc1ccccc1)CCC2. The predicted molar refractivity (Wildman–Crippen MR) is 137 cm³/mol. The number of carbonyl (C=O) groups is 1. The van der Waals surface area contributed by atoms with Crippen LogP contribution < -0.4 is 15.8 Å². The molecule has 1 amide bonds. The van der Waals surface area contributed by atoms with Crippen LogP contribution in [0.2, 0.25) is 0 Å². The van der Waals surface area contributed by atoms with Crippen LogP contribution in [-0.4, -0.2) is 23.7 Å². The average molecular weight is 481 g/mol. The first kappa shape index (κ1) is 25.8. The highest BCUT2D eigenvalue weighted by atomic mass is 35.5. The molecule has 0 saturated carbocycles. The number of aryl methyl sites for hydroxylation is 1. The number of aliphatic hydroxyl groups excluding tert-OH is 1. The summed E-state index contributed by atoms with van der Waals surface area (Å²) in [4.78, 5) is 12.5. The number of para-hydroxylation sites is 1. The first-order valence-corrected chi connectivity index (χ1v) is 11.7. The number of ether oxygens (including phenoxy) is 1. The molecule has 1 aliphatic carbocycles. The summed E-state index contributed by atoms with van der Waals surface area (Å²) in [5.41, 5.74) is 10.4. The Bertz CT molecular complexity index is 1050. The summed E-state index contributed by atoms with van der Waals surface area (Å²) in [5.74, 6) is 0.974. The van der Waals surface area contributed by atoms with Crippen LogP contribution in [0.1, 0.15) is 52.5 Å². The molecule has 2 unspecified atom stereocenters. The molecule has 0 heterocycles. The Labute approximate surface area is 207 Å². The molecular weight excluding hydrogens is 448 g/mol. The summed E-state index contributed by atoms with van der Waals surface area (Å²) in [6.45, 7) is 0.295. The molecule has 0 spiro atoms. The largest absolute Gasteiger partial charge is 0.491 e. The second-order valence-electron chi connectivity index (χ2n) is 8.82. The van der Waals surface area contributed by atoms with Crippen LogP contribution in [0, 0.1) is 5.92 Å². The van der Waals surface area contributed by atoms with Crippen molar-refractivity contribution in [2.45, 2.75) is 44.4 Å². The molecule has 0 fully saturated rings. The highest BCUT2D eigenvalue weighted by Crippen LogP contribution is 2.29. The Kier molecular flexibility index (Phi) is 9.52. The highest BCUT2D eigenvalue weighted by molar-refractivity contribution is 5.94. The number of carbonyl (C=O) groups excluding carboxylic acids is 1. The highest BCUT2D eigenvalue weighted by Gasteiger charge is 2.21. The average Bonchev–Trinajstić information content (AvgIpc) is 3.05. The van der Waals surface area contributed by atoms with Gasteiger partial charge < -0.3 is 20.9 Å². The van der Waals surface area contributed by atoms with Crippen molar-refractivity contribution in [2.24, 2.45) is 11.7 Å². The van der Waals surface area contributed by atoms with Gasteiger partial charge in [0.25, 0.3) is 5.91 Å². The number of nitrogens with one attached hydrogen (secondary N) is 1. The smallest absolute Gasteiger partial charge is 0.252 e. The van der Waals surface area contributed by atoms with E-state index >= 15 is 0 Å². The van der Waals surface area contributed by atoms with Gasteiger partial charge in [-0.2, -0.15) is 0 Å². The monoisotopic (exact) mass is 480 g/mol. The quantitative estimate of drug-likeness (QED) is 0.319. The minimum Gasteiger partial charge on any atom is -0.491 e. The zero-order chi connectivity index (χ0) is 23.0. The Hall–Kier alpha value is -2.86. The molecule has 4 N–H and O–H groups in total. The number of rotatable bonds is 8. The summed E-state index contributed by atoms with van der Waals surface area (Å²) < 4.78 is 5.73. The van der Waals surface area contributed by atoms with Crippen molar-refractivity contribution in [3.8, 4) is 5.75 Å². The van der Waals surface area contributed by atoms with Crippen LogP contribution in [0.15, 0.2) is 78.9 Å². The summed E-state index contributed by atoms with van der Waals surface area (Å²) in [7, 11) is 0. The normalized spacial score (nSPS) is 16.8. The number of hydrogen-bond donors (Lipinski definition) is 3. The molecular formula is C28H33ClN2O3. The van der Waals surface area contributed by atoms with Gasteiger partial charge in [-0.25, -0.2) is 0 Å². The molecule has 3 aromatic carbocycles. The van der Waals surface area contributed by atoms with Crippen molar-refractivity contribution in [3.05, 3.63) is 101 Å². The molecule has 180 valence electrons. The van der Waals surface area contributed by atoms with Gasteiger partial charge >= 0.3 is 0 Å². The maximum Gasteiger partial charge on any atom is 0.252 e. The third-order valence-electron chi connectivity index (χ3n) is 6.27. The van der Waals surface area contributed by atoms with Crippen LogP contribution in [0.4, 0.5) is 0 Å².